The summed E-state index contributed by atoms with van der Waals surface area (Å²) < 4.78 is 5.83. The van der Waals surface area contributed by atoms with Gasteiger partial charge in [-0.1, -0.05) is 58.0 Å². The van der Waals surface area contributed by atoms with Crippen molar-refractivity contribution in [2.45, 2.75) is 52.9 Å². The molecule has 0 fully saturated rings. The molecule has 134 valence electrons. The molecule has 2 rings (SSSR count). The van der Waals surface area contributed by atoms with Crippen LogP contribution in [0.3, 0.4) is 0 Å². The number of ether oxygens (including phenoxy) is 1. The Bertz CT molecular complexity index is 722. The van der Waals surface area contributed by atoms with Gasteiger partial charge in [-0.25, -0.2) is 0 Å². The van der Waals surface area contributed by atoms with Gasteiger partial charge in [0.25, 0.3) is 5.91 Å². The van der Waals surface area contributed by atoms with Gasteiger partial charge in [0.05, 0.1) is 0 Å². The Labute approximate surface area is 151 Å². The molecule has 0 aliphatic heterocycles. The molecule has 0 heterocycles. The summed E-state index contributed by atoms with van der Waals surface area (Å²) in [6.07, 6.45) is 1.03. The lowest BCUT2D eigenvalue weighted by Gasteiger charge is -2.17. The Morgan fingerprint density at radius 2 is 1.80 bits per heavy atom. The SMILES string of the molecule is CC[C@@H](C)c1ccccc1NC(=O)COc1cc(C)ccc1C(C)C. The van der Waals surface area contributed by atoms with Crippen LogP contribution >= 0.6 is 0 Å². The lowest BCUT2D eigenvalue weighted by atomic mass is 9.97. The maximum atomic E-state index is 12.4. The monoisotopic (exact) mass is 339 g/mol. The predicted molar refractivity (Wildman–Crippen MR) is 105 cm³/mol. The highest BCUT2D eigenvalue weighted by Gasteiger charge is 2.13. The minimum Gasteiger partial charge on any atom is -0.483 e. The number of hydrogen-bond acceptors (Lipinski definition) is 2. The van der Waals surface area contributed by atoms with E-state index in [0.717, 1.165) is 34.5 Å². The van der Waals surface area contributed by atoms with E-state index in [4.69, 9.17) is 4.74 Å². The zero-order valence-corrected chi connectivity index (χ0v) is 15.9. The molecule has 0 aliphatic carbocycles. The summed E-state index contributed by atoms with van der Waals surface area (Å²) in [5.74, 6) is 1.42. The van der Waals surface area contributed by atoms with E-state index in [1.165, 1.54) is 0 Å². The average molecular weight is 339 g/mol. The molecule has 3 heteroatoms. The van der Waals surface area contributed by atoms with Crippen LogP contribution < -0.4 is 10.1 Å². The van der Waals surface area contributed by atoms with E-state index >= 15 is 0 Å². The van der Waals surface area contributed by atoms with Crippen molar-refractivity contribution in [3.63, 3.8) is 0 Å². The van der Waals surface area contributed by atoms with E-state index in [9.17, 15) is 4.79 Å². The lowest BCUT2D eigenvalue weighted by molar-refractivity contribution is -0.118. The molecule has 2 aromatic carbocycles. The first-order chi connectivity index (χ1) is 11.9. The van der Waals surface area contributed by atoms with Crippen LogP contribution in [0.25, 0.3) is 0 Å². The second-order valence-corrected chi connectivity index (χ2v) is 6.93. The zero-order chi connectivity index (χ0) is 18.4. The second-order valence-electron chi connectivity index (χ2n) is 6.93. The van der Waals surface area contributed by atoms with Crippen molar-refractivity contribution in [2.75, 3.05) is 11.9 Å². The first-order valence-electron chi connectivity index (χ1n) is 9.04. The molecule has 1 N–H and O–H groups in total. The van der Waals surface area contributed by atoms with E-state index in [0.29, 0.717) is 11.8 Å². The number of nitrogens with one attached hydrogen (secondary N) is 1. The van der Waals surface area contributed by atoms with Gasteiger partial charge in [0, 0.05) is 5.69 Å². The number of benzene rings is 2. The van der Waals surface area contributed by atoms with Crippen LogP contribution in [0.4, 0.5) is 5.69 Å². The lowest BCUT2D eigenvalue weighted by Crippen LogP contribution is -2.21. The van der Waals surface area contributed by atoms with Crippen LogP contribution in [0, 0.1) is 6.92 Å². The van der Waals surface area contributed by atoms with E-state index in [1.54, 1.807) is 0 Å². The van der Waals surface area contributed by atoms with Crippen LogP contribution in [-0.4, -0.2) is 12.5 Å². The topological polar surface area (TPSA) is 38.3 Å². The van der Waals surface area contributed by atoms with Gasteiger partial charge in [-0.15, -0.1) is 0 Å². The van der Waals surface area contributed by atoms with Crippen LogP contribution in [0.1, 0.15) is 62.6 Å². The predicted octanol–water partition coefficient (Wildman–Crippen LogP) is 5.65. The van der Waals surface area contributed by atoms with E-state index in [2.05, 4.69) is 51.2 Å². The highest BCUT2D eigenvalue weighted by atomic mass is 16.5. The zero-order valence-electron chi connectivity index (χ0n) is 15.9. The first-order valence-corrected chi connectivity index (χ1v) is 9.04. The van der Waals surface area contributed by atoms with E-state index in [-0.39, 0.29) is 12.5 Å². The number of rotatable bonds is 7. The highest BCUT2D eigenvalue weighted by molar-refractivity contribution is 5.92. The fourth-order valence-electron chi connectivity index (χ4n) is 2.83. The summed E-state index contributed by atoms with van der Waals surface area (Å²) in [6.45, 7) is 10.6. The highest BCUT2D eigenvalue weighted by Crippen LogP contribution is 2.28. The van der Waals surface area contributed by atoms with Crippen molar-refractivity contribution in [1.29, 1.82) is 0 Å². The van der Waals surface area contributed by atoms with Gasteiger partial charge in [0.2, 0.25) is 0 Å². The number of anilines is 1. The molecule has 0 saturated carbocycles. The number of carbonyl (C=O) groups is 1. The van der Waals surface area contributed by atoms with Crippen LogP contribution in [-0.2, 0) is 4.79 Å². The van der Waals surface area contributed by atoms with Gasteiger partial charge in [0.15, 0.2) is 6.61 Å². The summed E-state index contributed by atoms with van der Waals surface area (Å²) in [6, 6.07) is 14.1. The molecule has 0 radical (unpaired) electrons. The first kappa shape index (κ1) is 19.0. The number of aryl methyl sites for hydroxylation is 1. The Morgan fingerprint density at radius 3 is 2.48 bits per heavy atom. The average Bonchev–Trinajstić information content (AvgIpc) is 2.59. The smallest absolute Gasteiger partial charge is 0.262 e. The van der Waals surface area contributed by atoms with Crippen molar-refractivity contribution < 1.29 is 9.53 Å². The van der Waals surface area contributed by atoms with Crippen LogP contribution in [0.15, 0.2) is 42.5 Å². The van der Waals surface area contributed by atoms with Gasteiger partial charge < -0.3 is 10.1 Å². The fraction of sp³-hybridized carbons (Fsp3) is 0.409. The number of carbonyl (C=O) groups excluding carboxylic acids is 1. The molecule has 0 spiro atoms. The quantitative estimate of drug-likeness (QED) is 0.708. The molecular formula is C22H29NO2. The van der Waals surface area contributed by atoms with Gasteiger partial charge in [-0.3, -0.25) is 4.79 Å². The second kappa shape index (κ2) is 8.70. The number of amides is 1. The van der Waals surface area contributed by atoms with E-state index < -0.39 is 0 Å². The molecule has 1 amide bonds. The molecule has 0 aromatic heterocycles. The Kier molecular flexibility index (Phi) is 6.63. The molecule has 0 unspecified atom stereocenters. The minimum absolute atomic E-state index is 0.0119. The summed E-state index contributed by atoms with van der Waals surface area (Å²) in [5, 5.41) is 3.00. The number of para-hydroxylation sites is 1. The number of hydrogen-bond donors (Lipinski definition) is 1. The molecule has 1 atom stereocenters. The summed E-state index contributed by atoms with van der Waals surface area (Å²) in [7, 11) is 0. The molecule has 3 nitrogen and oxygen atoms in total. The third kappa shape index (κ3) is 5.09. The van der Waals surface area contributed by atoms with Crippen molar-refractivity contribution in [2.24, 2.45) is 0 Å². The Morgan fingerprint density at radius 1 is 1.08 bits per heavy atom. The molecular weight excluding hydrogens is 310 g/mol. The summed E-state index contributed by atoms with van der Waals surface area (Å²) in [5.41, 5.74) is 4.29. The molecule has 0 aliphatic rings. The largest absolute Gasteiger partial charge is 0.483 e. The van der Waals surface area contributed by atoms with Crippen molar-refractivity contribution >= 4 is 11.6 Å². The summed E-state index contributed by atoms with van der Waals surface area (Å²) >= 11 is 0. The molecule has 0 saturated heterocycles. The third-order valence-corrected chi connectivity index (χ3v) is 4.53. The fourth-order valence-corrected chi connectivity index (χ4v) is 2.83. The standard InChI is InChI=1S/C22H29NO2/c1-6-17(5)19-9-7-8-10-20(19)23-22(24)14-25-21-13-16(4)11-12-18(21)15(2)3/h7-13,15,17H,6,14H2,1-5H3,(H,23,24)/t17-/m1/s1. The maximum Gasteiger partial charge on any atom is 0.262 e. The molecule has 2 aromatic rings. The normalized spacial score (nSPS) is 12.1. The van der Waals surface area contributed by atoms with Crippen molar-refractivity contribution in [3.8, 4) is 5.75 Å². The van der Waals surface area contributed by atoms with Crippen LogP contribution in [0.5, 0.6) is 5.75 Å². The van der Waals surface area contributed by atoms with Crippen molar-refractivity contribution in [1.82, 2.24) is 0 Å². The third-order valence-electron chi connectivity index (χ3n) is 4.53. The maximum absolute atomic E-state index is 12.4. The molecule has 25 heavy (non-hydrogen) atoms. The van der Waals surface area contributed by atoms with Gasteiger partial charge in [-0.2, -0.15) is 0 Å². The van der Waals surface area contributed by atoms with Crippen LogP contribution in [0.2, 0.25) is 0 Å². The van der Waals surface area contributed by atoms with Gasteiger partial charge in [0.1, 0.15) is 5.75 Å². The Hall–Kier alpha value is -2.29. The summed E-state index contributed by atoms with van der Waals surface area (Å²) in [4.78, 5) is 12.4. The molecule has 0 bridgehead atoms. The van der Waals surface area contributed by atoms with E-state index in [1.807, 2.05) is 31.2 Å². The minimum atomic E-state index is -0.132. The Balaban J connectivity index is 2.06. The van der Waals surface area contributed by atoms with Gasteiger partial charge in [-0.05, 0) is 54.0 Å². The van der Waals surface area contributed by atoms with Gasteiger partial charge >= 0.3 is 0 Å². The van der Waals surface area contributed by atoms with Crippen molar-refractivity contribution in [3.05, 3.63) is 59.2 Å².